The number of carboxylic acid groups (broad SMARTS) is 3. The van der Waals surface area contributed by atoms with Gasteiger partial charge in [-0.15, -0.1) is 0 Å². The number of hydrogen-bond donors (Lipinski definition) is 7. The molecule has 2 fully saturated rings. The van der Waals surface area contributed by atoms with Gasteiger partial charge in [-0.2, -0.15) is 11.8 Å². The predicted molar refractivity (Wildman–Crippen MR) is 247 cm³/mol. The van der Waals surface area contributed by atoms with E-state index < -0.39 is 54.4 Å². The molecule has 2 aliphatic heterocycles. The van der Waals surface area contributed by atoms with Crippen LogP contribution in [-0.2, 0) is 44.9 Å². The summed E-state index contributed by atoms with van der Waals surface area (Å²) in [6.07, 6.45) is 0.710. The topological polar surface area (TPSA) is 279 Å². The molecule has 0 spiro atoms. The fourth-order valence-electron chi connectivity index (χ4n) is 7.65. The number of ketones is 1. The summed E-state index contributed by atoms with van der Waals surface area (Å²) < 4.78 is 12.9. The van der Waals surface area contributed by atoms with Crippen LogP contribution < -0.4 is 21.3 Å². The van der Waals surface area contributed by atoms with Gasteiger partial charge in [0.15, 0.2) is 5.78 Å². The Balaban J connectivity index is 0.0000159. The van der Waals surface area contributed by atoms with Crippen molar-refractivity contribution >= 4 is 70.8 Å². The molecule has 6 amide bonds. The van der Waals surface area contributed by atoms with Crippen molar-refractivity contribution in [2.24, 2.45) is 17.8 Å². The first-order valence-electron chi connectivity index (χ1n) is 22.6. The van der Waals surface area contributed by atoms with E-state index in [1.807, 2.05) is 18.7 Å². The molecular weight excluding hydrogens is 1050 g/mol. The number of aliphatic carboxylic acids is 3. The van der Waals surface area contributed by atoms with E-state index in [-0.39, 0.29) is 193 Å². The molecule has 382 valence electrons. The van der Waals surface area contributed by atoms with Gasteiger partial charge in [-0.25, -0.2) is 4.79 Å². The van der Waals surface area contributed by atoms with Crippen LogP contribution in [0.25, 0.3) is 0 Å². The number of urea groups is 1. The molecule has 3 rings (SSSR count). The van der Waals surface area contributed by atoms with E-state index in [1.165, 1.54) is 11.8 Å². The van der Waals surface area contributed by atoms with Gasteiger partial charge in [0.25, 0.3) is 0 Å². The number of benzene rings is 1. The molecule has 0 bridgehead atoms. The Bertz CT molecular complexity index is 1820. The molecule has 1 aromatic rings. The normalized spacial score (nSPS) is 18.2. The Kier molecular flexibility index (Phi) is 28.4. The molecule has 2 saturated heterocycles. The first kappa shape index (κ1) is 60.2. The minimum Gasteiger partial charge on any atom is -0.480 e. The van der Waals surface area contributed by atoms with Crippen molar-refractivity contribution in [3.05, 3.63) is 29.8 Å². The third-order valence-electron chi connectivity index (χ3n) is 11.7. The molecule has 1 unspecified atom stereocenters. The number of Topliss-reactive ketones (excluding diaryl/α,β-unsaturated/α-hetero) is 1. The van der Waals surface area contributed by atoms with E-state index in [0.29, 0.717) is 23.4 Å². The van der Waals surface area contributed by atoms with E-state index in [0.717, 1.165) is 4.90 Å². The third kappa shape index (κ3) is 22.7. The number of rotatable bonds is 26. The summed E-state index contributed by atoms with van der Waals surface area (Å²) in [5, 5.41) is 39.4. The number of anilines is 1. The number of alkyl halides is 1. The summed E-state index contributed by atoms with van der Waals surface area (Å²) in [4.78, 5) is 121. The number of halogens is 1. The molecule has 21 nitrogen and oxygen atoms in total. The number of carbonyl (C=O) groups is 9. The van der Waals surface area contributed by atoms with Gasteiger partial charge in [0.2, 0.25) is 23.6 Å². The smallest absolute Gasteiger partial charge is 0.319 e. The van der Waals surface area contributed by atoms with Crippen LogP contribution in [0.5, 0.6) is 0 Å². The molecule has 0 aromatic heterocycles. The van der Waals surface area contributed by atoms with Crippen molar-refractivity contribution in [2.75, 3.05) is 115 Å². The Morgan fingerprint density at radius 1 is 0.779 bits per heavy atom. The minimum absolute atomic E-state index is 0. The molecule has 24 heteroatoms. The maximum atomic E-state index is 13.8. The van der Waals surface area contributed by atoms with Gasteiger partial charge >= 0.3 is 23.9 Å². The standard InChI is InChI=1S/C44H68FN9O12S.Gd/c1-4-30(2)34(42(64)46-11-12-54-38(57)23-31(3)43(54)65)24-36(55)35(9-21-67-22-10-45)49-44(66)48-33-7-5-32(6-8-33)25-47-37(56)26-50-13-15-51(27-39(58)59)17-19-53(29-41(62)63)20-18-52(16-14-50)28-40(60)61;/h5-8,30-31,34-35H,4,9-29H2,1-3H3,(H,46,64)(H,47,56)(H,58,59)(H,60,61)(H,62,63)(H2,48,49,66);/t30-,31?,34-,35-;/m0./s1. The average molecular weight is 1120 g/mol. The summed E-state index contributed by atoms with van der Waals surface area (Å²) in [6.45, 7) is 6.21. The Morgan fingerprint density at radius 2 is 1.29 bits per heavy atom. The number of amides is 6. The van der Waals surface area contributed by atoms with E-state index >= 15 is 0 Å². The first-order valence-corrected chi connectivity index (χ1v) is 23.8. The number of carbonyl (C=O) groups excluding carboxylic acids is 6. The fourth-order valence-corrected chi connectivity index (χ4v) is 8.36. The number of thioether (sulfide) groups is 1. The maximum Gasteiger partial charge on any atom is 0.319 e. The SMILES string of the molecule is CC[C@H](C)[C@H](CC(=O)[C@H](CCSCCF)NC(=O)Nc1ccc(CNC(=O)CN2CCN(CC(=O)O)CCN(CC(=O)O)CCN(CC(=O)O)CC2)cc1)C(=O)NCCN1C(=O)CC(C)C1=O.[Gd]. The quantitative estimate of drug-likeness (QED) is 0.0491. The monoisotopic (exact) mass is 1120 g/mol. The molecule has 2 heterocycles. The maximum absolute atomic E-state index is 13.8. The van der Waals surface area contributed by atoms with Gasteiger partial charge in [0.1, 0.15) is 0 Å². The average Bonchev–Trinajstić information content (AvgIpc) is 3.51. The summed E-state index contributed by atoms with van der Waals surface area (Å²) in [7, 11) is 0. The van der Waals surface area contributed by atoms with Crippen LogP contribution in [0.4, 0.5) is 14.9 Å². The zero-order valence-electron chi connectivity index (χ0n) is 39.1. The molecule has 68 heavy (non-hydrogen) atoms. The van der Waals surface area contributed by atoms with Crippen LogP contribution in [-0.4, -0.2) is 209 Å². The van der Waals surface area contributed by atoms with Gasteiger partial charge < -0.3 is 36.6 Å². The second-order valence-corrected chi connectivity index (χ2v) is 18.2. The van der Waals surface area contributed by atoms with E-state index in [9.17, 15) is 62.9 Å². The van der Waals surface area contributed by atoms with Gasteiger partial charge in [0.05, 0.1) is 38.9 Å². The minimum atomic E-state index is -1.05. The molecular formula is C44H68FGdN9O12S. The Morgan fingerprint density at radius 3 is 1.75 bits per heavy atom. The van der Waals surface area contributed by atoms with Crippen molar-refractivity contribution in [1.82, 2.24) is 40.4 Å². The first-order chi connectivity index (χ1) is 31.9. The number of likely N-dealkylation sites (tertiary alicyclic amines) is 1. The van der Waals surface area contributed by atoms with E-state index in [1.54, 1.807) is 45.9 Å². The molecule has 0 aliphatic carbocycles. The fraction of sp³-hybridized carbons (Fsp3) is 0.659. The number of hydrogen-bond acceptors (Lipinski definition) is 14. The van der Waals surface area contributed by atoms with Crippen molar-refractivity contribution in [3.8, 4) is 0 Å². The largest absolute Gasteiger partial charge is 0.480 e. The number of imide groups is 1. The molecule has 7 N–H and O–H groups in total. The third-order valence-corrected chi connectivity index (χ3v) is 12.7. The zero-order chi connectivity index (χ0) is 49.5. The second kappa shape index (κ2) is 32.1. The van der Waals surface area contributed by atoms with Crippen LogP contribution in [0.1, 0.15) is 52.0 Å². The van der Waals surface area contributed by atoms with Crippen molar-refractivity contribution in [1.29, 1.82) is 0 Å². The molecule has 0 saturated carbocycles. The van der Waals surface area contributed by atoms with Crippen LogP contribution in [0.3, 0.4) is 0 Å². The van der Waals surface area contributed by atoms with Crippen molar-refractivity contribution < 1.29 is 103 Å². The summed E-state index contributed by atoms with van der Waals surface area (Å²) in [5.41, 5.74) is 1.08. The predicted octanol–water partition coefficient (Wildman–Crippen LogP) is 0.494. The Hall–Kier alpha value is -3.91. The summed E-state index contributed by atoms with van der Waals surface area (Å²) >= 11 is 1.29. The molecule has 0 radical (unpaired) electrons. The number of nitrogens with one attached hydrogen (secondary N) is 4. The van der Waals surface area contributed by atoms with E-state index in [2.05, 4.69) is 21.3 Å². The van der Waals surface area contributed by atoms with Gasteiger partial charge in [-0.3, -0.25) is 67.2 Å². The van der Waals surface area contributed by atoms with Gasteiger partial charge in [-0.1, -0.05) is 39.3 Å². The molecule has 2 aliphatic rings. The van der Waals surface area contributed by atoms with Crippen LogP contribution in [0.15, 0.2) is 24.3 Å². The van der Waals surface area contributed by atoms with Gasteiger partial charge in [0, 0.05) is 148 Å². The number of carboxylic acids is 3. The van der Waals surface area contributed by atoms with Crippen molar-refractivity contribution in [3.63, 3.8) is 0 Å². The summed E-state index contributed by atoms with van der Waals surface area (Å²) in [6, 6.07) is 4.94. The van der Waals surface area contributed by atoms with E-state index in [4.69, 9.17) is 0 Å². The van der Waals surface area contributed by atoms with Crippen LogP contribution in [0.2, 0.25) is 0 Å². The zero-order valence-corrected chi connectivity index (χ0v) is 42.2. The van der Waals surface area contributed by atoms with Crippen molar-refractivity contribution in [2.45, 2.75) is 59.0 Å². The Labute approximate surface area is 433 Å². The molecule has 1 aromatic carbocycles. The van der Waals surface area contributed by atoms with Crippen LogP contribution >= 0.6 is 11.8 Å². The summed E-state index contributed by atoms with van der Waals surface area (Å²) in [5.74, 6) is -5.66. The van der Waals surface area contributed by atoms with Crippen LogP contribution in [0, 0.1) is 57.7 Å². The number of nitrogens with zero attached hydrogens (tertiary/aromatic N) is 5. The second-order valence-electron chi connectivity index (χ2n) is 16.9. The molecule has 4 atom stereocenters. The van der Waals surface area contributed by atoms with Gasteiger partial charge in [-0.05, 0) is 35.8 Å².